The van der Waals surface area contributed by atoms with Crippen LogP contribution in [0.15, 0.2) is 24.3 Å². The van der Waals surface area contributed by atoms with Gasteiger partial charge in [0.1, 0.15) is 0 Å². The first kappa shape index (κ1) is 103. The topological polar surface area (TPSA) is 54.0 Å². The van der Waals surface area contributed by atoms with E-state index in [1.54, 1.807) is 0 Å². The van der Waals surface area contributed by atoms with Gasteiger partial charge in [0.2, 0.25) is 69.3 Å². The molecule has 0 fully saturated rings. The van der Waals surface area contributed by atoms with Crippen LogP contribution in [0.5, 0.6) is 0 Å². The molecule has 116 heavy (non-hydrogen) atoms. The second-order valence-corrected chi connectivity index (χ2v) is 36.7. The van der Waals surface area contributed by atoms with Crippen molar-refractivity contribution in [2.75, 3.05) is 84.6 Å². The van der Waals surface area contributed by atoms with Crippen LogP contribution in [-0.2, 0) is 17.1 Å². The van der Waals surface area contributed by atoms with Crippen LogP contribution in [-0.4, -0.2) is 94.5 Å². The van der Waals surface area contributed by atoms with Gasteiger partial charge in [0, 0.05) is 0 Å². The summed E-state index contributed by atoms with van der Waals surface area (Å²) in [5.41, 5.74) is -21.4. The van der Waals surface area contributed by atoms with E-state index in [1.165, 1.54) is 0 Å². The van der Waals surface area contributed by atoms with Gasteiger partial charge in [-0.15, -0.1) is 22.1 Å². The first-order valence-electron chi connectivity index (χ1n) is 28.8. The summed E-state index contributed by atoms with van der Waals surface area (Å²) in [6.45, 7) is 0. The van der Waals surface area contributed by atoms with E-state index < -0.39 is 262 Å². The molecule has 0 saturated heterocycles. The van der Waals surface area contributed by atoms with Crippen molar-refractivity contribution < 1.29 is 213 Å². The molecular weight excluding hydrogens is 1870 g/mol. The molecule has 0 spiro atoms. The predicted octanol–water partition coefficient (Wildman–Crippen LogP) is 30.5. The van der Waals surface area contributed by atoms with Crippen molar-refractivity contribution in [3.63, 3.8) is 0 Å². The van der Waals surface area contributed by atoms with Gasteiger partial charge in [-0.2, -0.15) is 35.1 Å². The van der Waals surface area contributed by atoms with E-state index in [1.807, 2.05) is 0 Å². The minimum absolute atomic E-state index is 0. The Morgan fingerprint density at radius 3 is 0.397 bits per heavy atom. The van der Waals surface area contributed by atoms with E-state index in [-0.39, 0.29) is 17.1 Å². The number of quaternary nitrogens is 4. The van der Waals surface area contributed by atoms with Crippen LogP contribution in [0.2, 0.25) is 0 Å². The molecule has 0 amide bonds. The van der Waals surface area contributed by atoms with Crippen LogP contribution in [0.25, 0.3) is 90.9 Å². The zero-order valence-electron chi connectivity index (χ0n) is 58.2. The van der Waals surface area contributed by atoms with E-state index in [4.69, 9.17) is 0 Å². The van der Waals surface area contributed by atoms with Crippen LogP contribution < -0.4 is 27.9 Å². The molecule has 5 heterocycles. The van der Waals surface area contributed by atoms with Gasteiger partial charge in [-0.1, -0.05) is 24.3 Å². The first-order chi connectivity index (χ1) is 49.2. The van der Waals surface area contributed by atoms with Crippen molar-refractivity contribution in [1.82, 2.24) is 37.9 Å². The van der Waals surface area contributed by atoms with Gasteiger partial charge >= 0.3 is 182 Å². The number of aromatic nitrogens is 4. The van der Waals surface area contributed by atoms with Crippen LogP contribution in [0.1, 0.15) is 22.8 Å². The standard InChI is InChI=1S/C56H44F16N8.5F6P.Mn/c1-77(2,3)53-45(65)37(57)33(38(58)46(53)66)29-21-13-15-23(73-21)30(34-39(59)47(67)54(78(4,5)6)48(68)40(34)60)25-17-19-27(75-25)32(36-43(63)51(71)56(80(10,11)12)52(72)44(36)64)28-20-18-26(76-28)31(24-16-14-22(29)74-24)35-41(61)49(69)55(79(7,8)9)50(70)42(35)62;5*1-7(2,3,4,5)6;/h13-20H,1-12H3;;;;;;/q+2;5*-1;+3. The largest absolute Gasteiger partial charge is 3.00 e. The minimum atomic E-state index is -10.7. The van der Waals surface area contributed by atoms with Crippen molar-refractivity contribution in [3.8, 4) is 44.5 Å². The van der Waals surface area contributed by atoms with Crippen LogP contribution in [0, 0.1) is 93.1 Å². The summed E-state index contributed by atoms with van der Waals surface area (Å²) in [7, 11) is -39.3. The maximum atomic E-state index is 16.9. The van der Waals surface area contributed by atoms with E-state index in [0.29, 0.717) is 0 Å². The van der Waals surface area contributed by atoms with E-state index in [2.05, 4.69) is 19.9 Å². The average Bonchev–Trinajstić information content (AvgIpc) is 1.22. The molecule has 0 aliphatic carbocycles. The molecule has 662 valence electrons. The SMILES string of the molecule is C[N+](C)(C)c1c(F)c(F)c(-c2c3nc(c(-c4c(F)c(F)c([N+](C)(C)C)c(F)c4F)c4ccc([n-]4)c(-c4c(F)c(F)c([N+](C)(C)C)c(F)c4F)c4nc(c(-c5c(F)c(F)c([N+](C)(C)C)c(F)c5F)c5ccc2[n-]5)C=C4)C=C3)c(F)c1F.F[P-](F)(F)(F)(F)F.F[P-](F)(F)(F)(F)F.F[P-](F)(F)(F)(F)F.F[P-](F)(F)(F)(F)F.F[P-](F)(F)(F)(F)F.[Mn+3]. The monoisotopic (exact) mass is 1910 g/mol. The maximum absolute atomic E-state index is 16.9. The molecule has 0 unspecified atom stereocenters. The molecule has 2 aliphatic rings. The summed E-state index contributed by atoms with van der Waals surface area (Å²) in [6.07, 6.45) is 3.33. The van der Waals surface area contributed by atoms with Crippen LogP contribution in [0.3, 0.4) is 0 Å². The fourth-order valence-electron chi connectivity index (χ4n) is 9.83. The summed E-state index contributed by atoms with van der Waals surface area (Å²) in [4.78, 5) is 17.2. The number of fused-ring (bicyclic) bond motifs is 8. The second kappa shape index (κ2) is 27.4. The molecule has 2 aliphatic heterocycles. The van der Waals surface area contributed by atoms with Crippen LogP contribution >= 0.6 is 39.0 Å². The predicted molar refractivity (Wildman–Crippen MR) is 344 cm³/mol. The molecule has 8 bridgehead atoms. The Morgan fingerprint density at radius 1 is 0.198 bits per heavy atom. The summed E-state index contributed by atoms with van der Waals surface area (Å²) < 4.78 is 558. The Bertz CT molecular complexity index is 4570. The Kier molecular flexibility index (Phi) is 24.3. The molecule has 60 heteroatoms. The summed E-state index contributed by atoms with van der Waals surface area (Å²) in [6, 6.07) is 3.33. The smallest absolute Gasteiger partial charge is 3.00 e. The van der Waals surface area contributed by atoms with Crippen molar-refractivity contribution in [3.05, 3.63) is 140 Å². The van der Waals surface area contributed by atoms with Crippen molar-refractivity contribution >= 4 is 108 Å². The van der Waals surface area contributed by atoms with Crippen LogP contribution in [0.4, 0.5) is 219 Å². The molecule has 9 rings (SSSR count). The Balaban J connectivity index is 0.000000802. The van der Waals surface area contributed by atoms with Gasteiger partial charge in [-0.25, -0.2) is 45.1 Å². The van der Waals surface area contributed by atoms with E-state index >= 15 is 70.2 Å². The normalized spacial score (nSPS) is 16.1. The number of hydrogen-bond acceptors (Lipinski definition) is 2. The molecule has 0 atom stereocenters. The van der Waals surface area contributed by atoms with Gasteiger partial charge in [0.25, 0.3) is 0 Å². The maximum Gasteiger partial charge on any atom is 3.00 e. The fourth-order valence-corrected chi connectivity index (χ4v) is 9.83. The fraction of sp³-hybridized carbons (Fsp3) is 0.214. The average molecular weight is 1910 g/mol. The van der Waals surface area contributed by atoms with Gasteiger partial charge in [-0.3, -0.25) is 17.9 Å². The molecule has 0 radical (unpaired) electrons. The third-order valence-corrected chi connectivity index (χ3v) is 13.3. The summed E-state index contributed by atoms with van der Waals surface area (Å²) in [5.74, 6) is -32.4. The summed E-state index contributed by atoms with van der Waals surface area (Å²) >= 11 is 0. The zero-order valence-corrected chi connectivity index (χ0v) is 63.8. The van der Waals surface area contributed by atoms with Crippen molar-refractivity contribution in [2.45, 2.75) is 0 Å². The molecule has 4 aromatic carbocycles. The number of hydrogen-bond donors (Lipinski definition) is 0. The van der Waals surface area contributed by atoms with E-state index in [0.717, 1.165) is 133 Å². The van der Waals surface area contributed by atoms with Gasteiger partial charge in [0.15, 0.2) is 46.5 Å². The molecule has 0 N–H and O–H groups in total. The number of rotatable bonds is 8. The first-order valence-corrected chi connectivity index (χ1v) is 38.9. The van der Waals surface area contributed by atoms with Gasteiger partial charge in [0.05, 0.1) is 130 Å². The number of nitrogens with zero attached hydrogens (tertiary/aromatic N) is 8. The molecule has 8 nitrogen and oxygen atoms in total. The Hall–Kier alpha value is -7.23. The minimum Gasteiger partial charge on any atom is 3.00 e. The molecule has 3 aromatic heterocycles. The molecule has 0 saturated carbocycles. The zero-order chi connectivity index (χ0) is 91.3. The summed E-state index contributed by atoms with van der Waals surface area (Å²) in [5, 5.41) is 0. The van der Waals surface area contributed by atoms with E-state index in [9.17, 15) is 126 Å². The van der Waals surface area contributed by atoms with Crippen molar-refractivity contribution in [2.24, 2.45) is 0 Å². The number of benzene rings is 4. The molecule has 7 aromatic rings. The third-order valence-electron chi connectivity index (χ3n) is 13.3. The Morgan fingerprint density at radius 2 is 0.302 bits per heavy atom. The van der Waals surface area contributed by atoms with Crippen molar-refractivity contribution in [1.29, 1.82) is 0 Å². The molecular formula is C56H44F46MnN8P5. The second-order valence-electron chi connectivity index (χ2n) is 27.1. The quantitative estimate of drug-likeness (QED) is 0.0500. The third kappa shape index (κ3) is 30.8. The van der Waals surface area contributed by atoms with Gasteiger partial charge < -0.3 is 9.97 Å². The van der Waals surface area contributed by atoms with Gasteiger partial charge in [-0.05, 0) is 46.6 Å². The Labute approximate surface area is 626 Å². The number of halogens is 46.